The van der Waals surface area contributed by atoms with Crippen LogP contribution in [0.3, 0.4) is 0 Å². The van der Waals surface area contributed by atoms with E-state index in [-0.39, 0.29) is 6.10 Å². The second-order valence-corrected chi connectivity index (χ2v) is 4.20. The Morgan fingerprint density at radius 2 is 2.43 bits per heavy atom. The average molecular weight is 214 g/mol. The first-order chi connectivity index (χ1) is 6.74. The number of thiophene rings is 1. The van der Waals surface area contributed by atoms with E-state index in [1.807, 2.05) is 18.4 Å². The molecule has 4 heteroatoms. The zero-order chi connectivity index (χ0) is 10.4. The van der Waals surface area contributed by atoms with E-state index in [0.29, 0.717) is 0 Å². The molecule has 0 aliphatic heterocycles. The second kappa shape index (κ2) is 6.01. The van der Waals surface area contributed by atoms with E-state index in [1.54, 1.807) is 11.3 Å². The number of hydrogen-bond acceptors (Lipinski definition) is 4. The van der Waals surface area contributed by atoms with Gasteiger partial charge in [0.05, 0.1) is 6.10 Å². The van der Waals surface area contributed by atoms with E-state index in [2.05, 4.69) is 12.2 Å². The summed E-state index contributed by atoms with van der Waals surface area (Å²) in [5.74, 6) is 0. The third-order valence-electron chi connectivity index (χ3n) is 1.95. The first-order valence-electron chi connectivity index (χ1n) is 4.88. The molecule has 1 aromatic heterocycles. The first kappa shape index (κ1) is 11.5. The normalized spacial score (nSPS) is 13.0. The number of nitrogens with two attached hydrogens (primary N) is 1. The molecule has 3 N–H and O–H groups in total. The summed E-state index contributed by atoms with van der Waals surface area (Å²) in [6.07, 6.45) is 0.265. The maximum Gasteiger partial charge on any atom is 0.0671 e. The topological polar surface area (TPSA) is 47.3 Å². The maximum absolute atomic E-state index is 5.76. The lowest BCUT2D eigenvalue weighted by Gasteiger charge is -2.12. The Labute approximate surface area is 89.3 Å². The molecule has 0 amide bonds. The molecule has 0 bridgehead atoms. The lowest BCUT2D eigenvalue weighted by Crippen LogP contribution is -2.26. The quantitative estimate of drug-likeness (QED) is 0.759. The van der Waals surface area contributed by atoms with E-state index in [0.717, 1.165) is 25.4 Å². The van der Waals surface area contributed by atoms with Gasteiger partial charge in [-0.05, 0) is 25.3 Å². The van der Waals surface area contributed by atoms with Crippen molar-refractivity contribution >= 4 is 17.0 Å². The summed E-state index contributed by atoms with van der Waals surface area (Å²) in [6, 6.07) is 1.94. The molecule has 0 aliphatic carbocycles. The van der Waals surface area contributed by atoms with Gasteiger partial charge in [-0.25, -0.2) is 0 Å². The number of nitrogens with one attached hydrogen (secondary N) is 1. The molecule has 0 aliphatic rings. The van der Waals surface area contributed by atoms with Crippen molar-refractivity contribution in [3.63, 3.8) is 0 Å². The fraction of sp³-hybridized carbons (Fsp3) is 0.600. The van der Waals surface area contributed by atoms with Crippen LogP contribution in [-0.4, -0.2) is 19.3 Å². The van der Waals surface area contributed by atoms with Crippen LogP contribution in [0.1, 0.15) is 18.7 Å². The Hall–Kier alpha value is -0.580. The molecule has 14 heavy (non-hydrogen) atoms. The minimum atomic E-state index is 0.265. The van der Waals surface area contributed by atoms with Gasteiger partial charge in [0, 0.05) is 30.3 Å². The Balaban J connectivity index is 2.19. The SMILES string of the molecule is CCOC(C)CNCc1sccc1N. The summed E-state index contributed by atoms with van der Waals surface area (Å²) in [6.45, 7) is 6.54. The van der Waals surface area contributed by atoms with Crippen LogP contribution in [0, 0.1) is 0 Å². The van der Waals surface area contributed by atoms with Gasteiger partial charge in [0.15, 0.2) is 0 Å². The van der Waals surface area contributed by atoms with E-state index < -0.39 is 0 Å². The van der Waals surface area contributed by atoms with Gasteiger partial charge in [0.1, 0.15) is 0 Å². The lowest BCUT2D eigenvalue weighted by molar-refractivity contribution is 0.0760. The lowest BCUT2D eigenvalue weighted by atomic mass is 10.3. The highest BCUT2D eigenvalue weighted by molar-refractivity contribution is 7.10. The molecular weight excluding hydrogens is 196 g/mol. The van der Waals surface area contributed by atoms with E-state index in [4.69, 9.17) is 10.5 Å². The third-order valence-corrected chi connectivity index (χ3v) is 2.89. The molecule has 0 saturated carbocycles. The van der Waals surface area contributed by atoms with Gasteiger partial charge in [-0.15, -0.1) is 11.3 Å². The monoisotopic (exact) mass is 214 g/mol. The van der Waals surface area contributed by atoms with Crippen molar-refractivity contribution in [1.29, 1.82) is 0 Å². The Kier molecular flexibility index (Phi) is 4.93. The van der Waals surface area contributed by atoms with Gasteiger partial charge >= 0.3 is 0 Å². The molecule has 1 rings (SSSR count). The van der Waals surface area contributed by atoms with Crippen molar-refractivity contribution < 1.29 is 4.74 Å². The molecule has 0 saturated heterocycles. The van der Waals surface area contributed by atoms with Crippen LogP contribution >= 0.6 is 11.3 Å². The van der Waals surface area contributed by atoms with Gasteiger partial charge in [-0.2, -0.15) is 0 Å². The summed E-state index contributed by atoms with van der Waals surface area (Å²) in [7, 11) is 0. The zero-order valence-electron chi connectivity index (χ0n) is 8.75. The average Bonchev–Trinajstić information content (AvgIpc) is 2.52. The summed E-state index contributed by atoms with van der Waals surface area (Å²) < 4.78 is 5.40. The maximum atomic E-state index is 5.76. The molecule has 1 aromatic rings. The van der Waals surface area contributed by atoms with E-state index in [9.17, 15) is 0 Å². The van der Waals surface area contributed by atoms with Crippen molar-refractivity contribution in [2.75, 3.05) is 18.9 Å². The minimum Gasteiger partial charge on any atom is -0.398 e. The largest absolute Gasteiger partial charge is 0.398 e. The van der Waals surface area contributed by atoms with Crippen LogP contribution in [0.5, 0.6) is 0 Å². The number of hydrogen-bond donors (Lipinski definition) is 2. The summed E-state index contributed by atoms with van der Waals surface area (Å²) in [5, 5.41) is 5.33. The molecule has 0 radical (unpaired) electrons. The molecule has 1 atom stereocenters. The predicted molar refractivity (Wildman–Crippen MR) is 61.5 cm³/mol. The Morgan fingerprint density at radius 3 is 3.00 bits per heavy atom. The van der Waals surface area contributed by atoms with Crippen LogP contribution in [0.2, 0.25) is 0 Å². The highest BCUT2D eigenvalue weighted by atomic mass is 32.1. The van der Waals surface area contributed by atoms with Gasteiger partial charge in [-0.3, -0.25) is 0 Å². The van der Waals surface area contributed by atoms with Gasteiger partial charge in [0.25, 0.3) is 0 Å². The summed E-state index contributed by atoms with van der Waals surface area (Å²) in [4.78, 5) is 1.20. The number of rotatable bonds is 6. The van der Waals surface area contributed by atoms with Crippen molar-refractivity contribution in [2.24, 2.45) is 0 Å². The third kappa shape index (κ3) is 3.65. The highest BCUT2D eigenvalue weighted by Gasteiger charge is 2.02. The number of anilines is 1. The van der Waals surface area contributed by atoms with Gasteiger partial charge < -0.3 is 15.8 Å². The van der Waals surface area contributed by atoms with Crippen LogP contribution in [-0.2, 0) is 11.3 Å². The Morgan fingerprint density at radius 1 is 1.64 bits per heavy atom. The highest BCUT2D eigenvalue weighted by Crippen LogP contribution is 2.17. The van der Waals surface area contributed by atoms with Crippen molar-refractivity contribution in [1.82, 2.24) is 5.32 Å². The number of ether oxygens (including phenoxy) is 1. The van der Waals surface area contributed by atoms with Crippen molar-refractivity contribution in [3.8, 4) is 0 Å². The molecule has 1 unspecified atom stereocenters. The Bertz CT molecular complexity index is 262. The molecule has 3 nitrogen and oxygen atoms in total. The smallest absolute Gasteiger partial charge is 0.0671 e. The number of nitrogen functional groups attached to an aromatic ring is 1. The van der Waals surface area contributed by atoms with Gasteiger partial charge in [-0.1, -0.05) is 0 Å². The summed E-state index contributed by atoms with van der Waals surface area (Å²) in [5.41, 5.74) is 6.64. The van der Waals surface area contributed by atoms with Crippen LogP contribution in [0.15, 0.2) is 11.4 Å². The molecular formula is C10H18N2OS. The summed E-state index contributed by atoms with van der Waals surface area (Å²) >= 11 is 1.69. The fourth-order valence-corrected chi connectivity index (χ4v) is 2.00. The molecule has 0 aromatic carbocycles. The predicted octanol–water partition coefficient (Wildman–Crippen LogP) is 1.84. The van der Waals surface area contributed by atoms with Crippen LogP contribution in [0.4, 0.5) is 5.69 Å². The zero-order valence-corrected chi connectivity index (χ0v) is 9.56. The van der Waals surface area contributed by atoms with Crippen LogP contribution < -0.4 is 11.1 Å². The molecule has 80 valence electrons. The van der Waals surface area contributed by atoms with Crippen LogP contribution in [0.25, 0.3) is 0 Å². The van der Waals surface area contributed by atoms with Crippen molar-refractivity contribution in [2.45, 2.75) is 26.5 Å². The fourth-order valence-electron chi connectivity index (χ4n) is 1.23. The van der Waals surface area contributed by atoms with Crippen molar-refractivity contribution in [3.05, 3.63) is 16.3 Å². The molecule has 0 fully saturated rings. The second-order valence-electron chi connectivity index (χ2n) is 3.20. The minimum absolute atomic E-state index is 0.265. The standard InChI is InChI=1S/C10H18N2OS/c1-3-13-8(2)6-12-7-10-9(11)4-5-14-10/h4-5,8,12H,3,6-7,11H2,1-2H3. The molecule has 0 spiro atoms. The molecule has 1 heterocycles. The van der Waals surface area contributed by atoms with Gasteiger partial charge in [0.2, 0.25) is 0 Å². The van der Waals surface area contributed by atoms with E-state index >= 15 is 0 Å². The first-order valence-corrected chi connectivity index (χ1v) is 5.76. The van der Waals surface area contributed by atoms with E-state index in [1.165, 1.54) is 4.88 Å².